The highest BCUT2D eigenvalue weighted by atomic mass is 35.5. The van der Waals surface area contributed by atoms with Crippen LogP contribution in [0.5, 0.6) is 0 Å². The molecule has 0 saturated carbocycles. The van der Waals surface area contributed by atoms with Crippen LogP contribution >= 0.6 is 46.6 Å². The Morgan fingerprint density at radius 1 is 0.962 bits per heavy atom. The van der Waals surface area contributed by atoms with Crippen LogP contribution in [-0.2, 0) is 9.59 Å². The molecule has 2 aromatic carbocycles. The van der Waals surface area contributed by atoms with E-state index in [1.165, 1.54) is 23.9 Å². The van der Waals surface area contributed by atoms with E-state index in [9.17, 15) is 9.59 Å². The van der Waals surface area contributed by atoms with Gasteiger partial charge >= 0.3 is 0 Å². The summed E-state index contributed by atoms with van der Waals surface area (Å²) in [5, 5.41) is 3.73. The molecule has 0 aliphatic heterocycles. The second-order valence-corrected chi connectivity index (χ2v) is 7.56. The normalized spacial score (nSPS) is 10.3. The molecule has 0 heterocycles. The van der Waals surface area contributed by atoms with Crippen molar-refractivity contribution in [3.63, 3.8) is 0 Å². The van der Waals surface area contributed by atoms with Crippen LogP contribution in [0.3, 0.4) is 0 Å². The monoisotopic (exact) mass is 431 g/mol. The molecule has 9 heteroatoms. The lowest BCUT2D eigenvalue weighted by atomic mass is 10.2. The number of thioether (sulfide) groups is 1. The van der Waals surface area contributed by atoms with Crippen molar-refractivity contribution in [1.29, 1.82) is 0 Å². The van der Waals surface area contributed by atoms with Gasteiger partial charge in [-0.2, -0.15) is 0 Å². The Labute approximate surface area is 170 Å². The molecule has 26 heavy (non-hydrogen) atoms. The van der Waals surface area contributed by atoms with Gasteiger partial charge in [-0.25, -0.2) is 0 Å². The van der Waals surface area contributed by atoms with E-state index in [0.29, 0.717) is 10.7 Å². The first kappa shape index (κ1) is 20.7. The van der Waals surface area contributed by atoms with E-state index in [4.69, 9.17) is 34.8 Å². The largest absolute Gasteiger partial charge is 0.325 e. The molecule has 138 valence electrons. The molecule has 0 spiro atoms. The summed E-state index contributed by atoms with van der Waals surface area (Å²) in [7, 11) is 0. The van der Waals surface area contributed by atoms with Gasteiger partial charge in [0.25, 0.3) is 0 Å². The lowest BCUT2D eigenvalue weighted by Crippen LogP contribution is -2.31. The number of nitrogens with one attached hydrogen (secondary N) is 3. The molecular weight excluding hydrogens is 417 g/mol. The molecule has 2 rings (SSSR count). The van der Waals surface area contributed by atoms with Gasteiger partial charge in [-0.1, -0.05) is 52.5 Å². The molecule has 3 N–H and O–H groups in total. The zero-order valence-corrected chi connectivity index (χ0v) is 16.8. The smallest absolute Gasteiger partial charge is 0.248 e. The Hall–Kier alpha value is -1.60. The van der Waals surface area contributed by atoms with Gasteiger partial charge in [0.15, 0.2) is 0 Å². The standard InChI is InChI=1S/C17H16Cl3N3O2S/c1-10-2-4-12(5-3-10)21-15(24)8-26-9-16(25)22-23-17-13(19)6-11(18)7-14(17)20/h2-7,23H,8-9H2,1H3,(H,21,24)(H,22,25). The third-order valence-electron chi connectivity index (χ3n) is 3.14. The van der Waals surface area contributed by atoms with Gasteiger partial charge in [-0.3, -0.25) is 20.4 Å². The maximum atomic E-state index is 11.9. The highest BCUT2D eigenvalue weighted by Gasteiger charge is 2.10. The van der Waals surface area contributed by atoms with Gasteiger partial charge in [0.2, 0.25) is 11.8 Å². The number of hydrogen-bond acceptors (Lipinski definition) is 4. The van der Waals surface area contributed by atoms with Crippen molar-refractivity contribution in [3.8, 4) is 0 Å². The Balaban J connectivity index is 1.72. The predicted octanol–water partition coefficient (Wildman–Crippen LogP) is 4.77. The highest BCUT2D eigenvalue weighted by Crippen LogP contribution is 2.33. The van der Waals surface area contributed by atoms with Crippen LogP contribution < -0.4 is 16.2 Å². The minimum Gasteiger partial charge on any atom is -0.325 e. The molecule has 0 radical (unpaired) electrons. The van der Waals surface area contributed by atoms with E-state index in [2.05, 4.69) is 16.2 Å². The average molecular weight is 433 g/mol. The fourth-order valence-electron chi connectivity index (χ4n) is 1.90. The van der Waals surface area contributed by atoms with Gasteiger partial charge in [-0.05, 0) is 31.2 Å². The number of aryl methyl sites for hydroxylation is 1. The number of halogens is 3. The Morgan fingerprint density at radius 3 is 2.15 bits per heavy atom. The summed E-state index contributed by atoms with van der Waals surface area (Å²) in [6.45, 7) is 1.97. The Bertz CT molecular complexity index is 777. The maximum Gasteiger partial charge on any atom is 0.248 e. The molecule has 0 unspecified atom stereocenters. The van der Waals surface area contributed by atoms with Gasteiger partial charge in [0.05, 0.1) is 27.2 Å². The number of carbonyl (C=O) groups is 2. The van der Waals surface area contributed by atoms with Crippen molar-refractivity contribution in [3.05, 3.63) is 57.0 Å². The molecule has 5 nitrogen and oxygen atoms in total. The van der Waals surface area contributed by atoms with E-state index < -0.39 is 0 Å². The lowest BCUT2D eigenvalue weighted by Gasteiger charge is -2.12. The number of rotatable bonds is 7. The van der Waals surface area contributed by atoms with Gasteiger partial charge < -0.3 is 5.32 Å². The number of benzene rings is 2. The van der Waals surface area contributed by atoms with Crippen LogP contribution in [0.15, 0.2) is 36.4 Å². The second-order valence-electron chi connectivity index (χ2n) is 5.32. The summed E-state index contributed by atoms with van der Waals surface area (Å²) < 4.78 is 0. The molecular formula is C17H16Cl3N3O2S. The fourth-order valence-corrected chi connectivity index (χ4v) is 3.43. The van der Waals surface area contributed by atoms with Crippen molar-refractivity contribution in [2.75, 3.05) is 22.2 Å². The first-order valence-electron chi connectivity index (χ1n) is 7.49. The van der Waals surface area contributed by atoms with E-state index in [1.807, 2.05) is 31.2 Å². The second kappa shape index (κ2) is 9.92. The zero-order chi connectivity index (χ0) is 19.1. The van der Waals surface area contributed by atoms with E-state index >= 15 is 0 Å². The summed E-state index contributed by atoms with van der Waals surface area (Å²) in [6.07, 6.45) is 0. The minimum absolute atomic E-state index is 0.0944. The van der Waals surface area contributed by atoms with Crippen LogP contribution in [0.2, 0.25) is 15.1 Å². The molecule has 0 atom stereocenters. The maximum absolute atomic E-state index is 11.9. The summed E-state index contributed by atoms with van der Waals surface area (Å²) in [5.74, 6) is -0.246. The molecule has 0 saturated heterocycles. The zero-order valence-electron chi connectivity index (χ0n) is 13.7. The summed E-state index contributed by atoms with van der Waals surface area (Å²) in [4.78, 5) is 23.7. The molecule has 0 bridgehead atoms. The number of anilines is 2. The van der Waals surface area contributed by atoms with Crippen LogP contribution in [0, 0.1) is 6.92 Å². The van der Waals surface area contributed by atoms with Gasteiger partial charge in [0, 0.05) is 10.7 Å². The molecule has 2 aromatic rings. The molecule has 2 amide bonds. The van der Waals surface area contributed by atoms with E-state index in [1.54, 1.807) is 0 Å². The SMILES string of the molecule is Cc1ccc(NC(=O)CSCC(=O)NNc2c(Cl)cc(Cl)cc2Cl)cc1. The van der Waals surface area contributed by atoms with Crippen molar-refractivity contribution >= 4 is 69.8 Å². The average Bonchev–Trinajstić information content (AvgIpc) is 2.56. The first-order chi connectivity index (χ1) is 12.3. The van der Waals surface area contributed by atoms with Gasteiger partial charge in [0.1, 0.15) is 0 Å². The number of hydrogen-bond donors (Lipinski definition) is 3. The van der Waals surface area contributed by atoms with E-state index in [0.717, 1.165) is 11.3 Å². The summed E-state index contributed by atoms with van der Waals surface area (Å²) in [5.41, 5.74) is 7.32. The van der Waals surface area contributed by atoms with Crippen molar-refractivity contribution < 1.29 is 9.59 Å². The van der Waals surface area contributed by atoms with Gasteiger partial charge in [-0.15, -0.1) is 11.8 Å². The molecule has 0 aliphatic rings. The number of amides is 2. The quantitative estimate of drug-likeness (QED) is 0.551. The summed E-state index contributed by atoms with van der Waals surface area (Å²) >= 11 is 19.0. The van der Waals surface area contributed by atoms with Crippen LogP contribution in [0.4, 0.5) is 11.4 Å². The summed E-state index contributed by atoms with van der Waals surface area (Å²) in [6, 6.07) is 10.5. The Kier molecular flexibility index (Phi) is 7.90. The Morgan fingerprint density at radius 2 is 1.54 bits per heavy atom. The molecule has 0 aliphatic carbocycles. The number of carbonyl (C=O) groups excluding carboxylic acids is 2. The molecule has 0 aromatic heterocycles. The molecule has 0 fully saturated rings. The van der Waals surface area contributed by atoms with Crippen molar-refractivity contribution in [1.82, 2.24) is 5.43 Å². The highest BCUT2D eigenvalue weighted by molar-refractivity contribution is 8.00. The first-order valence-corrected chi connectivity index (χ1v) is 9.77. The van der Waals surface area contributed by atoms with Crippen molar-refractivity contribution in [2.24, 2.45) is 0 Å². The lowest BCUT2D eigenvalue weighted by molar-refractivity contribution is -0.118. The topological polar surface area (TPSA) is 70.2 Å². The third kappa shape index (κ3) is 6.61. The van der Waals surface area contributed by atoms with E-state index in [-0.39, 0.29) is 33.4 Å². The van der Waals surface area contributed by atoms with Crippen LogP contribution in [0.1, 0.15) is 5.56 Å². The van der Waals surface area contributed by atoms with Crippen molar-refractivity contribution in [2.45, 2.75) is 6.92 Å². The number of hydrazine groups is 1. The van der Waals surface area contributed by atoms with Crippen LogP contribution in [-0.4, -0.2) is 23.3 Å². The minimum atomic E-state index is -0.319. The predicted molar refractivity (Wildman–Crippen MR) is 110 cm³/mol. The van der Waals surface area contributed by atoms with Crippen LogP contribution in [0.25, 0.3) is 0 Å². The fraction of sp³-hybridized carbons (Fsp3) is 0.176. The third-order valence-corrected chi connectivity index (χ3v) is 4.88.